The monoisotopic (exact) mass is 395 g/mol. The highest BCUT2D eigenvalue weighted by Crippen LogP contribution is 2.22. The van der Waals surface area contributed by atoms with Crippen molar-refractivity contribution >= 4 is 27.8 Å². The average molecular weight is 396 g/mol. The van der Waals surface area contributed by atoms with Crippen LogP contribution >= 0.6 is 15.9 Å². The zero-order valence-electron chi connectivity index (χ0n) is 13.0. The molecule has 5 nitrogen and oxygen atoms in total. The van der Waals surface area contributed by atoms with Crippen LogP contribution in [0.1, 0.15) is 22.0 Å². The molecule has 0 saturated heterocycles. The summed E-state index contributed by atoms with van der Waals surface area (Å²) in [6.45, 7) is 0. The number of hydrogen-bond acceptors (Lipinski definition) is 4. The van der Waals surface area contributed by atoms with Crippen LogP contribution in [0.25, 0.3) is 0 Å². The first-order chi connectivity index (χ1) is 11.5. The smallest absolute Gasteiger partial charge is 0.333 e. The van der Waals surface area contributed by atoms with E-state index in [1.807, 2.05) is 0 Å². The molecule has 24 heavy (non-hydrogen) atoms. The van der Waals surface area contributed by atoms with Gasteiger partial charge in [0.25, 0.3) is 5.91 Å². The van der Waals surface area contributed by atoms with Crippen LogP contribution in [0.4, 0.5) is 4.39 Å². The van der Waals surface area contributed by atoms with Crippen molar-refractivity contribution in [3.63, 3.8) is 0 Å². The van der Waals surface area contributed by atoms with Gasteiger partial charge in [-0.1, -0.05) is 28.1 Å². The number of carbonyl (C=O) groups excluding carboxylic acids is 2. The van der Waals surface area contributed by atoms with Crippen molar-refractivity contribution in [3.8, 4) is 5.75 Å². The Labute approximate surface area is 146 Å². The number of rotatable bonds is 5. The zero-order valence-corrected chi connectivity index (χ0v) is 14.6. The summed E-state index contributed by atoms with van der Waals surface area (Å²) in [5.41, 5.74) is 0.525. The number of hydrogen-bond donors (Lipinski definition) is 1. The number of benzene rings is 2. The van der Waals surface area contributed by atoms with Gasteiger partial charge >= 0.3 is 5.97 Å². The number of halogens is 2. The zero-order chi connectivity index (χ0) is 17.7. The molecule has 0 spiro atoms. The molecule has 1 unspecified atom stereocenters. The van der Waals surface area contributed by atoms with Crippen LogP contribution in [0.15, 0.2) is 46.9 Å². The van der Waals surface area contributed by atoms with Crippen LogP contribution < -0.4 is 10.1 Å². The van der Waals surface area contributed by atoms with Crippen molar-refractivity contribution in [2.75, 3.05) is 14.2 Å². The van der Waals surface area contributed by atoms with Crippen LogP contribution in [0.3, 0.4) is 0 Å². The summed E-state index contributed by atoms with van der Waals surface area (Å²) in [6, 6.07) is 9.37. The fourth-order valence-electron chi connectivity index (χ4n) is 2.12. The van der Waals surface area contributed by atoms with Gasteiger partial charge < -0.3 is 14.8 Å². The van der Waals surface area contributed by atoms with Crippen molar-refractivity contribution in [2.24, 2.45) is 0 Å². The molecule has 2 rings (SSSR count). The van der Waals surface area contributed by atoms with Gasteiger partial charge in [-0.2, -0.15) is 0 Å². The Morgan fingerprint density at radius 1 is 1.12 bits per heavy atom. The van der Waals surface area contributed by atoms with Gasteiger partial charge in [0, 0.05) is 4.47 Å². The summed E-state index contributed by atoms with van der Waals surface area (Å²) in [5, 5.41) is 2.55. The van der Waals surface area contributed by atoms with E-state index in [4.69, 9.17) is 9.47 Å². The van der Waals surface area contributed by atoms with Gasteiger partial charge in [-0.05, 0) is 35.9 Å². The quantitative estimate of drug-likeness (QED) is 0.789. The van der Waals surface area contributed by atoms with Crippen LogP contribution in [0.5, 0.6) is 5.75 Å². The van der Waals surface area contributed by atoms with E-state index in [0.29, 0.717) is 5.56 Å². The summed E-state index contributed by atoms with van der Waals surface area (Å²) in [6.07, 6.45) is 0. The van der Waals surface area contributed by atoms with E-state index in [0.717, 1.165) is 10.5 Å². The molecular weight excluding hydrogens is 381 g/mol. The second kappa shape index (κ2) is 7.92. The van der Waals surface area contributed by atoms with Crippen molar-refractivity contribution in [3.05, 3.63) is 63.9 Å². The maximum absolute atomic E-state index is 13.4. The van der Waals surface area contributed by atoms with Crippen molar-refractivity contribution in [1.29, 1.82) is 0 Å². The SMILES string of the molecule is COC(=O)C(NC(=O)c1cc(F)ccc1OC)c1ccc(Br)cc1. The van der Waals surface area contributed by atoms with Crippen LogP contribution in [0, 0.1) is 5.82 Å². The lowest BCUT2D eigenvalue weighted by Crippen LogP contribution is -2.34. The van der Waals surface area contributed by atoms with Gasteiger partial charge in [0.1, 0.15) is 11.6 Å². The molecule has 0 aliphatic rings. The molecule has 1 N–H and O–H groups in total. The summed E-state index contributed by atoms with van der Waals surface area (Å²) in [4.78, 5) is 24.5. The fraction of sp³-hybridized carbons (Fsp3) is 0.176. The third kappa shape index (κ3) is 4.11. The van der Waals surface area contributed by atoms with E-state index < -0.39 is 23.7 Å². The molecule has 0 aliphatic carbocycles. The third-order valence-electron chi connectivity index (χ3n) is 3.32. The molecule has 7 heteroatoms. The van der Waals surface area contributed by atoms with Gasteiger partial charge in [-0.15, -0.1) is 0 Å². The topological polar surface area (TPSA) is 64.6 Å². The molecular formula is C17H15BrFNO4. The Morgan fingerprint density at radius 3 is 2.38 bits per heavy atom. The molecule has 0 bridgehead atoms. The Kier molecular flexibility index (Phi) is 5.92. The highest BCUT2D eigenvalue weighted by atomic mass is 79.9. The lowest BCUT2D eigenvalue weighted by atomic mass is 10.1. The highest BCUT2D eigenvalue weighted by Gasteiger charge is 2.25. The minimum absolute atomic E-state index is 0.0106. The minimum atomic E-state index is -1.02. The Bertz CT molecular complexity index is 749. The number of ether oxygens (including phenoxy) is 2. The third-order valence-corrected chi connectivity index (χ3v) is 3.85. The normalized spacial score (nSPS) is 11.5. The summed E-state index contributed by atoms with van der Waals surface area (Å²) in [5.74, 6) is -1.67. The van der Waals surface area contributed by atoms with E-state index >= 15 is 0 Å². The molecule has 0 radical (unpaired) electrons. The molecule has 0 saturated carbocycles. The van der Waals surface area contributed by atoms with Crippen molar-refractivity contribution in [1.82, 2.24) is 5.32 Å². The second-order valence-corrected chi connectivity index (χ2v) is 5.74. The van der Waals surface area contributed by atoms with Crippen LogP contribution in [0.2, 0.25) is 0 Å². The molecule has 126 valence electrons. The van der Waals surface area contributed by atoms with Crippen LogP contribution in [-0.2, 0) is 9.53 Å². The maximum atomic E-state index is 13.4. The lowest BCUT2D eigenvalue weighted by molar-refractivity contribution is -0.143. The minimum Gasteiger partial charge on any atom is -0.496 e. The first kappa shape index (κ1) is 17.9. The first-order valence-electron chi connectivity index (χ1n) is 6.94. The van der Waals surface area contributed by atoms with E-state index in [1.54, 1.807) is 24.3 Å². The number of esters is 1. The number of methoxy groups -OCH3 is 2. The number of nitrogens with one attached hydrogen (secondary N) is 1. The standard InChI is InChI=1S/C17H15BrFNO4/c1-23-14-8-7-12(19)9-13(14)16(21)20-15(17(22)24-2)10-3-5-11(18)6-4-10/h3-9,15H,1-2H3,(H,20,21). The molecule has 0 heterocycles. The Hall–Kier alpha value is -2.41. The fourth-order valence-corrected chi connectivity index (χ4v) is 2.38. The Morgan fingerprint density at radius 2 is 1.79 bits per heavy atom. The molecule has 2 aromatic rings. The summed E-state index contributed by atoms with van der Waals surface area (Å²) >= 11 is 3.30. The Balaban J connectivity index is 2.33. The van der Waals surface area contributed by atoms with Gasteiger partial charge in [-0.25, -0.2) is 9.18 Å². The van der Waals surface area contributed by atoms with Gasteiger partial charge in [0.05, 0.1) is 19.8 Å². The number of amides is 1. The molecule has 0 aromatic heterocycles. The van der Waals surface area contributed by atoms with Gasteiger partial charge in [0.15, 0.2) is 6.04 Å². The predicted molar refractivity (Wildman–Crippen MR) is 89.3 cm³/mol. The van der Waals surface area contributed by atoms with Gasteiger partial charge in [-0.3, -0.25) is 4.79 Å². The first-order valence-corrected chi connectivity index (χ1v) is 7.73. The predicted octanol–water partition coefficient (Wildman–Crippen LogP) is 3.24. The largest absolute Gasteiger partial charge is 0.496 e. The van der Waals surface area contributed by atoms with E-state index in [2.05, 4.69) is 21.2 Å². The summed E-state index contributed by atoms with van der Waals surface area (Å²) in [7, 11) is 2.60. The van der Waals surface area contributed by atoms with Gasteiger partial charge in [0.2, 0.25) is 0 Å². The average Bonchev–Trinajstić information content (AvgIpc) is 2.59. The number of carbonyl (C=O) groups is 2. The molecule has 1 atom stereocenters. The molecule has 0 fully saturated rings. The van der Waals surface area contributed by atoms with Crippen molar-refractivity contribution < 1.29 is 23.5 Å². The van der Waals surface area contributed by atoms with E-state index in [1.165, 1.54) is 26.4 Å². The lowest BCUT2D eigenvalue weighted by Gasteiger charge is -2.18. The van der Waals surface area contributed by atoms with E-state index in [9.17, 15) is 14.0 Å². The van der Waals surface area contributed by atoms with Crippen LogP contribution in [-0.4, -0.2) is 26.1 Å². The maximum Gasteiger partial charge on any atom is 0.333 e. The van der Waals surface area contributed by atoms with E-state index in [-0.39, 0.29) is 11.3 Å². The second-order valence-electron chi connectivity index (χ2n) is 4.83. The molecule has 2 aromatic carbocycles. The molecule has 1 amide bonds. The summed E-state index contributed by atoms with van der Waals surface area (Å²) < 4.78 is 24.1. The highest BCUT2D eigenvalue weighted by molar-refractivity contribution is 9.10. The van der Waals surface area contributed by atoms with Crippen molar-refractivity contribution in [2.45, 2.75) is 6.04 Å². The molecule has 0 aliphatic heterocycles.